The maximum absolute atomic E-state index is 11.9. The van der Waals surface area contributed by atoms with Crippen molar-refractivity contribution in [1.29, 1.82) is 0 Å². The van der Waals surface area contributed by atoms with E-state index in [1.165, 1.54) is 25.0 Å². The van der Waals surface area contributed by atoms with Gasteiger partial charge in [0.05, 0.1) is 12.7 Å². The summed E-state index contributed by atoms with van der Waals surface area (Å²) in [6.07, 6.45) is 1.88. The molecule has 0 heterocycles. The molecule has 120 valence electrons. The Morgan fingerprint density at radius 1 is 1.27 bits per heavy atom. The second kappa shape index (κ2) is 8.81. The van der Waals surface area contributed by atoms with E-state index in [-0.39, 0.29) is 18.4 Å². The fourth-order valence-corrected chi connectivity index (χ4v) is 1.91. The third-order valence-electron chi connectivity index (χ3n) is 3.11. The maximum Gasteiger partial charge on any atom is 0.337 e. The minimum absolute atomic E-state index is 0.0797. The van der Waals surface area contributed by atoms with E-state index >= 15 is 0 Å². The Balaban J connectivity index is 2.85. The molecule has 1 N–H and O–H groups in total. The molecule has 0 aliphatic rings. The molecule has 0 radical (unpaired) electrons. The number of hydrogen-bond acceptors (Lipinski definition) is 4. The van der Waals surface area contributed by atoms with Crippen molar-refractivity contribution in [1.82, 2.24) is 5.32 Å². The number of unbranched alkanes of at least 4 members (excludes halogenated alkanes) is 1. The van der Waals surface area contributed by atoms with Gasteiger partial charge in [-0.1, -0.05) is 19.4 Å². The van der Waals surface area contributed by atoms with Gasteiger partial charge in [0.1, 0.15) is 6.54 Å². The molecule has 0 aliphatic heterocycles. The van der Waals surface area contributed by atoms with Crippen molar-refractivity contribution in [3.05, 3.63) is 29.8 Å². The Morgan fingerprint density at radius 2 is 2.00 bits per heavy atom. The van der Waals surface area contributed by atoms with Crippen LogP contribution in [0.1, 0.15) is 37.0 Å². The number of nitrogens with one attached hydrogen (secondary N) is 1. The van der Waals surface area contributed by atoms with Crippen LogP contribution in [-0.4, -0.2) is 38.0 Å². The van der Waals surface area contributed by atoms with Gasteiger partial charge in [0.15, 0.2) is 0 Å². The summed E-state index contributed by atoms with van der Waals surface area (Å²) in [6.45, 7) is 3.92. The van der Waals surface area contributed by atoms with Crippen molar-refractivity contribution in [2.24, 2.45) is 0 Å². The molecular weight excluding hydrogens is 284 g/mol. The SMILES string of the molecule is CCCCNC(=O)CN(C(C)=O)c1cccc(C(=O)OC)c1. The first kappa shape index (κ1) is 17.7. The molecular formula is C16H22N2O4. The molecule has 0 aliphatic carbocycles. The summed E-state index contributed by atoms with van der Waals surface area (Å²) in [5, 5.41) is 2.76. The minimum Gasteiger partial charge on any atom is -0.465 e. The lowest BCUT2D eigenvalue weighted by Gasteiger charge is -2.21. The van der Waals surface area contributed by atoms with E-state index in [2.05, 4.69) is 10.1 Å². The molecule has 6 nitrogen and oxygen atoms in total. The quantitative estimate of drug-likeness (QED) is 0.615. The summed E-state index contributed by atoms with van der Waals surface area (Å²) in [5.41, 5.74) is 0.818. The zero-order valence-electron chi connectivity index (χ0n) is 13.2. The average molecular weight is 306 g/mol. The highest BCUT2D eigenvalue weighted by Crippen LogP contribution is 2.17. The summed E-state index contributed by atoms with van der Waals surface area (Å²) in [5.74, 6) is -0.988. The molecule has 1 rings (SSSR count). The molecule has 22 heavy (non-hydrogen) atoms. The third-order valence-corrected chi connectivity index (χ3v) is 3.11. The summed E-state index contributed by atoms with van der Waals surface area (Å²) in [6, 6.07) is 6.45. The standard InChI is InChI=1S/C16H22N2O4/c1-4-5-9-17-15(20)11-18(12(2)19)14-8-6-7-13(10-14)16(21)22-3/h6-8,10H,4-5,9,11H2,1-3H3,(H,17,20). The number of benzene rings is 1. The second-order valence-corrected chi connectivity index (χ2v) is 4.85. The number of methoxy groups -OCH3 is 1. The van der Waals surface area contributed by atoms with Crippen LogP contribution in [0, 0.1) is 0 Å². The van der Waals surface area contributed by atoms with Crippen LogP contribution in [-0.2, 0) is 14.3 Å². The molecule has 0 atom stereocenters. The predicted molar refractivity (Wildman–Crippen MR) is 83.7 cm³/mol. The highest BCUT2D eigenvalue weighted by molar-refractivity contribution is 5.99. The van der Waals surface area contributed by atoms with Crippen LogP contribution < -0.4 is 10.2 Å². The van der Waals surface area contributed by atoms with Crippen LogP contribution in [0.4, 0.5) is 5.69 Å². The number of carbonyl (C=O) groups excluding carboxylic acids is 3. The van der Waals surface area contributed by atoms with Crippen molar-refractivity contribution >= 4 is 23.5 Å². The van der Waals surface area contributed by atoms with Gasteiger partial charge in [-0.3, -0.25) is 9.59 Å². The number of hydrogen-bond donors (Lipinski definition) is 1. The van der Waals surface area contributed by atoms with Crippen LogP contribution in [0.25, 0.3) is 0 Å². The van der Waals surface area contributed by atoms with E-state index < -0.39 is 5.97 Å². The smallest absolute Gasteiger partial charge is 0.337 e. The Morgan fingerprint density at radius 3 is 2.59 bits per heavy atom. The summed E-state index contributed by atoms with van der Waals surface area (Å²) in [4.78, 5) is 36.6. The number of esters is 1. The van der Waals surface area contributed by atoms with E-state index in [0.29, 0.717) is 17.8 Å². The number of ether oxygens (including phenoxy) is 1. The number of anilines is 1. The Labute approximate surface area is 130 Å². The average Bonchev–Trinajstić information content (AvgIpc) is 2.52. The topological polar surface area (TPSA) is 75.7 Å². The Kier molecular flexibility index (Phi) is 7.08. The molecule has 0 unspecified atom stereocenters. The van der Waals surface area contributed by atoms with Crippen molar-refractivity contribution < 1.29 is 19.1 Å². The molecule has 1 aromatic carbocycles. The van der Waals surface area contributed by atoms with Gasteiger partial charge in [-0.25, -0.2) is 4.79 Å². The third kappa shape index (κ3) is 5.20. The maximum atomic E-state index is 11.9. The lowest BCUT2D eigenvalue weighted by Crippen LogP contribution is -2.40. The lowest BCUT2D eigenvalue weighted by molar-refractivity contribution is -0.123. The minimum atomic E-state index is -0.488. The number of nitrogens with zero attached hydrogens (tertiary/aromatic N) is 1. The van der Waals surface area contributed by atoms with E-state index in [1.807, 2.05) is 6.92 Å². The van der Waals surface area contributed by atoms with Crippen molar-refractivity contribution in [2.75, 3.05) is 25.1 Å². The van der Waals surface area contributed by atoms with E-state index in [0.717, 1.165) is 12.8 Å². The molecule has 0 spiro atoms. The summed E-state index contributed by atoms with van der Waals surface area (Å²) < 4.78 is 4.66. The fourth-order valence-electron chi connectivity index (χ4n) is 1.91. The summed E-state index contributed by atoms with van der Waals surface area (Å²) >= 11 is 0. The molecule has 0 aromatic heterocycles. The largest absolute Gasteiger partial charge is 0.465 e. The van der Waals surface area contributed by atoms with Crippen LogP contribution in [0.3, 0.4) is 0 Å². The first-order valence-electron chi connectivity index (χ1n) is 7.22. The van der Waals surface area contributed by atoms with E-state index in [4.69, 9.17) is 0 Å². The molecule has 0 bridgehead atoms. The fraction of sp³-hybridized carbons (Fsp3) is 0.438. The molecule has 2 amide bonds. The van der Waals surface area contributed by atoms with Crippen LogP contribution in [0.15, 0.2) is 24.3 Å². The van der Waals surface area contributed by atoms with Gasteiger partial charge >= 0.3 is 5.97 Å². The van der Waals surface area contributed by atoms with Gasteiger partial charge in [0.25, 0.3) is 0 Å². The van der Waals surface area contributed by atoms with Crippen LogP contribution in [0.2, 0.25) is 0 Å². The van der Waals surface area contributed by atoms with Crippen molar-refractivity contribution in [3.63, 3.8) is 0 Å². The number of rotatable bonds is 7. The van der Waals surface area contributed by atoms with Gasteiger partial charge in [0.2, 0.25) is 11.8 Å². The number of carbonyl (C=O) groups is 3. The van der Waals surface area contributed by atoms with Crippen molar-refractivity contribution in [3.8, 4) is 0 Å². The first-order chi connectivity index (χ1) is 10.5. The van der Waals surface area contributed by atoms with Gasteiger partial charge in [-0.05, 0) is 24.6 Å². The van der Waals surface area contributed by atoms with Gasteiger partial charge < -0.3 is 15.0 Å². The van der Waals surface area contributed by atoms with Gasteiger partial charge in [0, 0.05) is 19.2 Å². The molecule has 1 aromatic rings. The van der Waals surface area contributed by atoms with Crippen molar-refractivity contribution in [2.45, 2.75) is 26.7 Å². The summed E-state index contributed by atoms with van der Waals surface area (Å²) in [7, 11) is 1.29. The molecule has 0 saturated heterocycles. The van der Waals surface area contributed by atoms with E-state index in [1.54, 1.807) is 18.2 Å². The van der Waals surface area contributed by atoms with Gasteiger partial charge in [-0.15, -0.1) is 0 Å². The Hall–Kier alpha value is -2.37. The zero-order chi connectivity index (χ0) is 16.5. The normalized spacial score (nSPS) is 9.95. The second-order valence-electron chi connectivity index (χ2n) is 4.85. The molecule has 0 fully saturated rings. The first-order valence-corrected chi connectivity index (χ1v) is 7.22. The highest BCUT2D eigenvalue weighted by Gasteiger charge is 2.17. The predicted octanol–water partition coefficient (Wildman–Crippen LogP) is 1.74. The molecule has 6 heteroatoms. The molecule has 0 saturated carbocycles. The van der Waals surface area contributed by atoms with Gasteiger partial charge in [-0.2, -0.15) is 0 Å². The van der Waals surface area contributed by atoms with Crippen LogP contribution in [0.5, 0.6) is 0 Å². The number of amides is 2. The monoisotopic (exact) mass is 306 g/mol. The zero-order valence-corrected chi connectivity index (χ0v) is 13.2. The highest BCUT2D eigenvalue weighted by atomic mass is 16.5. The lowest BCUT2D eigenvalue weighted by atomic mass is 10.2. The van der Waals surface area contributed by atoms with Crippen LogP contribution >= 0.6 is 0 Å². The van der Waals surface area contributed by atoms with E-state index in [9.17, 15) is 14.4 Å². The Bertz CT molecular complexity index is 543.